The lowest BCUT2D eigenvalue weighted by Gasteiger charge is -2.30. The lowest BCUT2D eigenvalue weighted by Crippen LogP contribution is -2.40. The van der Waals surface area contributed by atoms with Gasteiger partial charge in [0.05, 0.1) is 0 Å². The summed E-state index contributed by atoms with van der Waals surface area (Å²) in [6.07, 6.45) is 14.8. The molecular weight excluding hydrogens is 226 g/mol. The first-order valence-corrected chi connectivity index (χ1v) is 7.70. The molecule has 2 rings (SSSR count). The van der Waals surface area contributed by atoms with Gasteiger partial charge in [-0.1, -0.05) is 45.4 Å². The second-order valence-electron chi connectivity index (χ2n) is 5.58. The third-order valence-corrected chi connectivity index (χ3v) is 3.98. The number of aliphatic carboxylic acids is 1. The summed E-state index contributed by atoms with van der Waals surface area (Å²) in [4.78, 5) is 9.37. The molecule has 2 fully saturated rings. The summed E-state index contributed by atoms with van der Waals surface area (Å²) >= 11 is 0. The Balaban J connectivity index is 0.000000280. The van der Waals surface area contributed by atoms with E-state index in [0.29, 0.717) is 0 Å². The van der Waals surface area contributed by atoms with E-state index in [9.17, 15) is 4.79 Å². The quantitative estimate of drug-likeness (QED) is 0.808. The molecule has 0 atom stereocenters. The number of rotatable bonds is 3. The van der Waals surface area contributed by atoms with Crippen LogP contribution in [0, 0.1) is 0 Å². The number of nitrogens with one attached hydrogen (secondary N) is 1. The fourth-order valence-corrected chi connectivity index (χ4v) is 2.87. The molecule has 0 aliphatic heterocycles. The summed E-state index contributed by atoms with van der Waals surface area (Å²) in [6, 6.07) is 1.74. The fourth-order valence-electron chi connectivity index (χ4n) is 2.87. The monoisotopic (exact) mass is 255 g/mol. The number of hydrogen-bond acceptors (Lipinski definition) is 2. The molecular formula is C15H29NO2. The zero-order valence-electron chi connectivity index (χ0n) is 11.8. The molecule has 3 nitrogen and oxygen atoms in total. The Hall–Kier alpha value is -0.570. The van der Waals surface area contributed by atoms with Crippen molar-refractivity contribution in [2.24, 2.45) is 0 Å². The minimum absolute atomic E-state index is 0.222. The van der Waals surface area contributed by atoms with Gasteiger partial charge in [-0.3, -0.25) is 4.79 Å². The van der Waals surface area contributed by atoms with Crippen LogP contribution in [0.3, 0.4) is 0 Å². The predicted molar refractivity (Wildman–Crippen MR) is 74.8 cm³/mol. The Kier molecular flexibility index (Phi) is 8.06. The lowest BCUT2D eigenvalue weighted by molar-refractivity contribution is -0.136. The van der Waals surface area contributed by atoms with Crippen molar-refractivity contribution in [1.82, 2.24) is 5.32 Å². The van der Waals surface area contributed by atoms with Gasteiger partial charge in [0.1, 0.15) is 0 Å². The molecule has 0 amide bonds. The van der Waals surface area contributed by atoms with E-state index in [1.165, 1.54) is 64.2 Å². The van der Waals surface area contributed by atoms with Crippen LogP contribution < -0.4 is 5.32 Å². The first-order valence-electron chi connectivity index (χ1n) is 7.70. The summed E-state index contributed by atoms with van der Waals surface area (Å²) < 4.78 is 0. The fraction of sp³-hybridized carbons (Fsp3) is 0.933. The van der Waals surface area contributed by atoms with E-state index >= 15 is 0 Å². The maximum Gasteiger partial charge on any atom is 0.303 e. The van der Waals surface area contributed by atoms with Crippen molar-refractivity contribution in [2.75, 3.05) is 0 Å². The largest absolute Gasteiger partial charge is 0.481 e. The summed E-state index contributed by atoms with van der Waals surface area (Å²) in [5.41, 5.74) is 0. The Labute approximate surface area is 111 Å². The number of carboxylic acids is 1. The first kappa shape index (κ1) is 15.5. The molecule has 2 aliphatic rings. The SMILES string of the molecule is C1CCC(NC2CCCCC2)CC1.CCC(=O)O. The van der Waals surface area contributed by atoms with Crippen LogP contribution in [-0.4, -0.2) is 23.2 Å². The van der Waals surface area contributed by atoms with E-state index < -0.39 is 5.97 Å². The highest BCUT2D eigenvalue weighted by Gasteiger charge is 2.19. The molecule has 0 spiro atoms. The van der Waals surface area contributed by atoms with Crippen LogP contribution in [-0.2, 0) is 4.79 Å². The van der Waals surface area contributed by atoms with E-state index in [-0.39, 0.29) is 6.42 Å². The van der Waals surface area contributed by atoms with Gasteiger partial charge in [-0.05, 0) is 25.7 Å². The molecule has 2 saturated carbocycles. The Morgan fingerprint density at radius 3 is 1.56 bits per heavy atom. The van der Waals surface area contributed by atoms with Crippen molar-refractivity contribution in [1.29, 1.82) is 0 Å². The smallest absolute Gasteiger partial charge is 0.303 e. The summed E-state index contributed by atoms with van der Waals surface area (Å²) in [5.74, 6) is -0.745. The normalized spacial score (nSPS) is 22.1. The molecule has 0 bridgehead atoms. The molecule has 2 N–H and O–H groups in total. The van der Waals surface area contributed by atoms with Crippen molar-refractivity contribution >= 4 is 5.97 Å². The van der Waals surface area contributed by atoms with Crippen LogP contribution in [0.4, 0.5) is 0 Å². The molecule has 0 aromatic carbocycles. The van der Waals surface area contributed by atoms with Crippen LogP contribution in [0.2, 0.25) is 0 Å². The third kappa shape index (κ3) is 7.00. The maximum atomic E-state index is 9.37. The van der Waals surface area contributed by atoms with Crippen molar-refractivity contribution in [3.8, 4) is 0 Å². The van der Waals surface area contributed by atoms with Crippen molar-refractivity contribution in [3.63, 3.8) is 0 Å². The van der Waals surface area contributed by atoms with Crippen LogP contribution in [0.1, 0.15) is 77.6 Å². The molecule has 0 aromatic heterocycles. The van der Waals surface area contributed by atoms with E-state index in [2.05, 4.69) is 5.32 Å². The Morgan fingerprint density at radius 2 is 1.28 bits per heavy atom. The molecule has 0 aromatic rings. The lowest BCUT2D eigenvalue weighted by atomic mass is 9.91. The van der Waals surface area contributed by atoms with Crippen LogP contribution in [0.15, 0.2) is 0 Å². The second kappa shape index (κ2) is 9.37. The predicted octanol–water partition coefficient (Wildman–Crippen LogP) is 3.72. The number of hydrogen-bond donors (Lipinski definition) is 2. The minimum atomic E-state index is -0.745. The summed E-state index contributed by atoms with van der Waals surface area (Å²) in [6.45, 7) is 1.60. The zero-order chi connectivity index (χ0) is 13.2. The van der Waals surface area contributed by atoms with Gasteiger partial charge < -0.3 is 10.4 Å². The minimum Gasteiger partial charge on any atom is -0.481 e. The van der Waals surface area contributed by atoms with Gasteiger partial charge in [-0.15, -0.1) is 0 Å². The topological polar surface area (TPSA) is 49.3 Å². The molecule has 0 heterocycles. The number of carbonyl (C=O) groups is 1. The van der Waals surface area contributed by atoms with E-state index in [1.54, 1.807) is 6.92 Å². The van der Waals surface area contributed by atoms with Gasteiger partial charge in [0.2, 0.25) is 0 Å². The third-order valence-electron chi connectivity index (χ3n) is 3.98. The Morgan fingerprint density at radius 1 is 0.944 bits per heavy atom. The van der Waals surface area contributed by atoms with E-state index in [4.69, 9.17) is 5.11 Å². The highest BCUT2D eigenvalue weighted by Crippen LogP contribution is 2.22. The average Bonchev–Trinajstić information content (AvgIpc) is 2.42. The van der Waals surface area contributed by atoms with E-state index in [0.717, 1.165) is 12.1 Å². The van der Waals surface area contributed by atoms with Gasteiger partial charge in [0.25, 0.3) is 0 Å². The zero-order valence-corrected chi connectivity index (χ0v) is 11.8. The van der Waals surface area contributed by atoms with Gasteiger partial charge >= 0.3 is 5.97 Å². The van der Waals surface area contributed by atoms with Crippen LogP contribution in [0.25, 0.3) is 0 Å². The highest BCUT2D eigenvalue weighted by atomic mass is 16.4. The molecule has 0 saturated heterocycles. The summed E-state index contributed by atoms with van der Waals surface area (Å²) in [7, 11) is 0. The van der Waals surface area contributed by atoms with Crippen LogP contribution in [0.5, 0.6) is 0 Å². The maximum absolute atomic E-state index is 9.37. The second-order valence-corrected chi connectivity index (χ2v) is 5.58. The Bertz CT molecular complexity index is 203. The molecule has 2 aliphatic carbocycles. The standard InChI is InChI=1S/C12H23N.C3H6O2/c1-3-7-11(8-4-1)13-12-9-5-2-6-10-12;1-2-3(4)5/h11-13H,1-10H2;2H2,1H3,(H,4,5). The molecule has 18 heavy (non-hydrogen) atoms. The average molecular weight is 255 g/mol. The van der Waals surface area contributed by atoms with Gasteiger partial charge in [0, 0.05) is 18.5 Å². The highest BCUT2D eigenvalue weighted by molar-refractivity contribution is 5.66. The molecule has 0 radical (unpaired) electrons. The van der Waals surface area contributed by atoms with Gasteiger partial charge in [0.15, 0.2) is 0 Å². The van der Waals surface area contributed by atoms with E-state index in [1.807, 2.05) is 0 Å². The molecule has 0 unspecified atom stereocenters. The summed E-state index contributed by atoms with van der Waals surface area (Å²) in [5, 5.41) is 11.6. The van der Waals surface area contributed by atoms with Gasteiger partial charge in [-0.25, -0.2) is 0 Å². The van der Waals surface area contributed by atoms with Crippen molar-refractivity contribution < 1.29 is 9.90 Å². The first-order chi connectivity index (χ1) is 8.72. The molecule has 3 heteroatoms. The van der Waals surface area contributed by atoms with Crippen molar-refractivity contribution in [3.05, 3.63) is 0 Å². The van der Waals surface area contributed by atoms with Gasteiger partial charge in [-0.2, -0.15) is 0 Å². The van der Waals surface area contributed by atoms with Crippen LogP contribution >= 0.6 is 0 Å². The molecule has 106 valence electrons. The number of carboxylic acid groups (broad SMARTS) is 1. The van der Waals surface area contributed by atoms with Crippen molar-refractivity contribution in [2.45, 2.75) is 89.6 Å².